The van der Waals surface area contributed by atoms with E-state index in [1.54, 1.807) is 58.2 Å². The zero-order valence-corrected chi connectivity index (χ0v) is 26.4. The summed E-state index contributed by atoms with van der Waals surface area (Å²) < 4.78 is 34.4. The highest BCUT2D eigenvalue weighted by atomic mass is 35.5. The highest BCUT2D eigenvalue weighted by molar-refractivity contribution is 7.92. The number of aryl methyl sites for hydroxylation is 4. The van der Waals surface area contributed by atoms with E-state index in [2.05, 4.69) is 4.72 Å². The van der Waals surface area contributed by atoms with Crippen molar-refractivity contribution in [2.24, 2.45) is 0 Å². The monoisotopic (exact) mass is 599 g/mol. The zero-order chi connectivity index (χ0) is 30.6. The molecule has 0 heterocycles. The van der Waals surface area contributed by atoms with E-state index in [1.165, 1.54) is 4.90 Å². The number of hydrogen-bond acceptors (Lipinski definition) is 6. The van der Waals surface area contributed by atoms with Crippen LogP contribution in [0.2, 0.25) is 5.02 Å². The van der Waals surface area contributed by atoms with Crippen molar-refractivity contribution in [1.82, 2.24) is 9.80 Å². The van der Waals surface area contributed by atoms with Crippen molar-refractivity contribution < 1.29 is 22.7 Å². The Balaban J connectivity index is 1.84. The maximum absolute atomic E-state index is 13.4. The van der Waals surface area contributed by atoms with E-state index in [-0.39, 0.29) is 17.4 Å². The first-order valence-corrected chi connectivity index (χ1v) is 15.1. The molecule has 1 N–H and O–H groups in total. The lowest BCUT2D eigenvalue weighted by molar-refractivity contribution is -0.148. The van der Waals surface area contributed by atoms with Gasteiger partial charge in [0.15, 0.2) is 0 Å². The quantitative estimate of drug-likeness (QED) is 0.305. The van der Waals surface area contributed by atoms with Gasteiger partial charge in [-0.25, -0.2) is 13.2 Å². The molecule has 3 aromatic rings. The van der Waals surface area contributed by atoms with Crippen LogP contribution in [0.1, 0.15) is 39.5 Å². The number of sulfonamides is 1. The largest absolute Gasteiger partial charge is 0.463 e. The number of hydrogen-bond donors (Lipinski definition) is 1. The standard InChI is InChI=1S/C31H38ClN3O5S/c1-19-17-28(20(2)16-27(19)32)41(38,39)33-26-11-9-10-24(18-26)25-14-21(3)29(22(4)15-25)30(36)35(8)23(5)31(37)40-13-12-34(6)7/h9-11,14-18,23,33H,12-13H2,1-8H3/t23-/m0/s1. The molecule has 0 spiro atoms. The first-order valence-electron chi connectivity index (χ1n) is 13.2. The Hall–Kier alpha value is -3.40. The predicted octanol–water partition coefficient (Wildman–Crippen LogP) is 5.61. The molecule has 3 rings (SSSR count). The second-order valence-electron chi connectivity index (χ2n) is 10.6. The van der Waals surface area contributed by atoms with Crippen LogP contribution in [0.5, 0.6) is 0 Å². The van der Waals surface area contributed by atoms with Gasteiger partial charge in [0.2, 0.25) is 0 Å². The molecule has 0 unspecified atom stereocenters. The summed E-state index contributed by atoms with van der Waals surface area (Å²) in [6.07, 6.45) is 0. The van der Waals surface area contributed by atoms with Gasteiger partial charge in [0.05, 0.1) is 4.90 Å². The molecule has 0 aliphatic heterocycles. The van der Waals surface area contributed by atoms with E-state index in [0.717, 1.165) is 22.3 Å². The number of ether oxygens (including phenoxy) is 1. The summed E-state index contributed by atoms with van der Waals surface area (Å²) in [6, 6.07) is 13.3. The summed E-state index contributed by atoms with van der Waals surface area (Å²) in [5, 5.41) is 0.511. The number of amides is 1. The molecule has 0 aromatic heterocycles. The minimum absolute atomic E-state index is 0.166. The molecule has 0 saturated heterocycles. The summed E-state index contributed by atoms with van der Waals surface area (Å²) in [5.41, 5.74) is 5.23. The normalized spacial score (nSPS) is 12.2. The summed E-state index contributed by atoms with van der Waals surface area (Å²) in [5.74, 6) is -0.739. The number of anilines is 1. The molecule has 10 heteroatoms. The SMILES string of the molecule is Cc1cc(S(=O)(=O)Nc2cccc(-c3cc(C)c(C(=O)N(C)[C@@H](C)C(=O)OCCN(C)C)c(C)c3)c2)c(C)cc1Cl. The zero-order valence-electron chi connectivity index (χ0n) is 24.8. The second-order valence-corrected chi connectivity index (χ2v) is 12.7. The minimum atomic E-state index is -3.85. The molecule has 1 atom stereocenters. The minimum Gasteiger partial charge on any atom is -0.463 e. The third-order valence-corrected chi connectivity index (χ3v) is 8.90. The van der Waals surface area contributed by atoms with Crippen LogP contribution in [-0.4, -0.2) is 70.4 Å². The Labute approximate surface area is 248 Å². The lowest BCUT2D eigenvalue weighted by Crippen LogP contribution is -2.42. The van der Waals surface area contributed by atoms with Crippen molar-refractivity contribution in [3.05, 3.63) is 81.4 Å². The summed E-state index contributed by atoms with van der Waals surface area (Å²) in [6.45, 7) is 9.64. The van der Waals surface area contributed by atoms with Crippen LogP contribution in [0.3, 0.4) is 0 Å². The maximum atomic E-state index is 13.4. The molecule has 0 aliphatic rings. The number of esters is 1. The molecule has 0 aliphatic carbocycles. The highest BCUT2D eigenvalue weighted by Gasteiger charge is 2.27. The van der Waals surface area contributed by atoms with Crippen LogP contribution in [0.4, 0.5) is 5.69 Å². The van der Waals surface area contributed by atoms with Crippen LogP contribution in [0.25, 0.3) is 11.1 Å². The number of carbonyl (C=O) groups excluding carboxylic acids is 2. The fraction of sp³-hybridized carbons (Fsp3) is 0.355. The number of rotatable bonds is 10. The number of halogens is 1. The van der Waals surface area contributed by atoms with Gasteiger partial charge in [-0.15, -0.1) is 0 Å². The summed E-state index contributed by atoms with van der Waals surface area (Å²) >= 11 is 6.15. The lowest BCUT2D eigenvalue weighted by Gasteiger charge is -2.25. The van der Waals surface area contributed by atoms with E-state index in [1.807, 2.05) is 51.0 Å². The summed E-state index contributed by atoms with van der Waals surface area (Å²) in [4.78, 5) is 29.4. The lowest BCUT2D eigenvalue weighted by atomic mass is 9.94. The van der Waals surface area contributed by atoms with Gasteiger partial charge in [-0.2, -0.15) is 0 Å². The van der Waals surface area contributed by atoms with Gasteiger partial charge in [-0.1, -0.05) is 35.9 Å². The van der Waals surface area contributed by atoms with Gasteiger partial charge in [-0.05, 0) is 106 Å². The average Bonchev–Trinajstić information content (AvgIpc) is 2.88. The van der Waals surface area contributed by atoms with Crippen LogP contribution >= 0.6 is 11.6 Å². The van der Waals surface area contributed by atoms with Crippen molar-refractivity contribution >= 4 is 39.2 Å². The Morgan fingerprint density at radius 3 is 2.15 bits per heavy atom. The first kappa shape index (κ1) is 32.1. The van der Waals surface area contributed by atoms with E-state index in [9.17, 15) is 18.0 Å². The molecule has 0 bridgehead atoms. The molecular formula is C31H38ClN3O5S. The van der Waals surface area contributed by atoms with Crippen LogP contribution in [-0.2, 0) is 19.6 Å². The maximum Gasteiger partial charge on any atom is 0.328 e. The number of nitrogens with zero attached hydrogens (tertiary/aromatic N) is 2. The fourth-order valence-corrected chi connectivity index (χ4v) is 6.02. The predicted molar refractivity (Wildman–Crippen MR) is 164 cm³/mol. The summed E-state index contributed by atoms with van der Waals surface area (Å²) in [7, 11) is 1.52. The Bertz CT molecular complexity index is 1550. The molecule has 1 amide bonds. The molecular weight excluding hydrogens is 562 g/mol. The third kappa shape index (κ3) is 7.67. The number of likely N-dealkylation sites (N-methyl/N-ethyl adjacent to an activating group) is 2. The van der Waals surface area contributed by atoms with E-state index in [4.69, 9.17) is 16.3 Å². The van der Waals surface area contributed by atoms with Gasteiger partial charge in [0.25, 0.3) is 15.9 Å². The molecule has 0 radical (unpaired) electrons. The van der Waals surface area contributed by atoms with Crippen LogP contribution in [0.15, 0.2) is 53.4 Å². The molecule has 3 aromatic carbocycles. The van der Waals surface area contributed by atoms with Crippen LogP contribution in [0, 0.1) is 27.7 Å². The van der Waals surface area contributed by atoms with Crippen molar-refractivity contribution in [3.63, 3.8) is 0 Å². The van der Waals surface area contributed by atoms with Crippen molar-refractivity contribution in [2.75, 3.05) is 39.0 Å². The molecule has 8 nitrogen and oxygen atoms in total. The molecule has 220 valence electrons. The van der Waals surface area contributed by atoms with Gasteiger partial charge >= 0.3 is 5.97 Å². The van der Waals surface area contributed by atoms with E-state index < -0.39 is 22.0 Å². The molecule has 0 fully saturated rings. The Morgan fingerprint density at radius 1 is 0.902 bits per heavy atom. The third-order valence-electron chi connectivity index (χ3n) is 6.97. The Kier molecular flexibility index (Phi) is 10.2. The number of nitrogens with one attached hydrogen (secondary N) is 1. The van der Waals surface area contributed by atoms with Gasteiger partial charge in [0.1, 0.15) is 12.6 Å². The van der Waals surface area contributed by atoms with Gasteiger partial charge in [-0.3, -0.25) is 9.52 Å². The smallest absolute Gasteiger partial charge is 0.328 e. The average molecular weight is 600 g/mol. The van der Waals surface area contributed by atoms with Crippen molar-refractivity contribution in [1.29, 1.82) is 0 Å². The van der Waals surface area contributed by atoms with Crippen molar-refractivity contribution in [3.8, 4) is 11.1 Å². The highest BCUT2D eigenvalue weighted by Crippen LogP contribution is 2.30. The van der Waals surface area contributed by atoms with Crippen LogP contribution < -0.4 is 4.72 Å². The second kappa shape index (κ2) is 13.1. The molecule has 41 heavy (non-hydrogen) atoms. The van der Waals surface area contributed by atoms with Gasteiger partial charge in [0, 0.05) is 29.9 Å². The van der Waals surface area contributed by atoms with E-state index >= 15 is 0 Å². The Morgan fingerprint density at radius 2 is 1.54 bits per heavy atom. The number of carbonyl (C=O) groups is 2. The first-order chi connectivity index (χ1) is 19.1. The van der Waals surface area contributed by atoms with Gasteiger partial charge < -0.3 is 14.5 Å². The number of benzene rings is 3. The van der Waals surface area contributed by atoms with Crippen molar-refractivity contribution in [2.45, 2.75) is 45.6 Å². The molecule has 0 saturated carbocycles. The van der Waals surface area contributed by atoms with E-state index in [0.29, 0.717) is 33.9 Å². The topological polar surface area (TPSA) is 96.0 Å². The fourth-order valence-electron chi connectivity index (χ4n) is 4.44.